The van der Waals surface area contributed by atoms with E-state index in [1.54, 1.807) is 17.1 Å². The van der Waals surface area contributed by atoms with Gasteiger partial charge in [-0.2, -0.15) is 5.10 Å². The quantitative estimate of drug-likeness (QED) is 0.487. The van der Waals surface area contributed by atoms with Gasteiger partial charge < -0.3 is 10.1 Å². The topological polar surface area (TPSA) is 73.2 Å². The van der Waals surface area contributed by atoms with Crippen LogP contribution < -0.4 is 5.32 Å². The van der Waals surface area contributed by atoms with E-state index in [4.69, 9.17) is 4.74 Å². The number of rotatable bonds is 6. The maximum atomic E-state index is 12.2. The molecule has 1 aromatic heterocycles. The molecule has 0 aliphatic rings. The summed E-state index contributed by atoms with van der Waals surface area (Å²) < 4.78 is 6.82. The number of nitrogens with one attached hydrogen (secondary N) is 1. The van der Waals surface area contributed by atoms with Crippen molar-refractivity contribution in [3.05, 3.63) is 53.2 Å². The van der Waals surface area contributed by atoms with Gasteiger partial charge in [0.15, 0.2) is 6.10 Å². The molecule has 0 spiro atoms. The Labute approximate surface area is 151 Å². The molecule has 0 aliphatic heterocycles. The molecule has 132 valence electrons. The van der Waals surface area contributed by atoms with Crippen molar-refractivity contribution in [1.82, 2.24) is 9.78 Å². The molecule has 0 saturated carbocycles. The lowest BCUT2D eigenvalue weighted by Crippen LogP contribution is -2.29. The second-order valence-corrected chi connectivity index (χ2v) is 6.45. The molecule has 1 heterocycles. The van der Waals surface area contributed by atoms with E-state index in [-0.39, 0.29) is 0 Å². The number of thioether (sulfide) groups is 1. The van der Waals surface area contributed by atoms with Gasteiger partial charge in [-0.15, -0.1) is 0 Å². The number of aryl methyl sites for hydroxylation is 2. The molecule has 1 atom stereocenters. The first-order chi connectivity index (χ1) is 11.9. The molecule has 1 aromatic carbocycles. The van der Waals surface area contributed by atoms with Crippen LogP contribution in [0.15, 0.2) is 46.7 Å². The number of hydrogen-bond acceptors (Lipinski definition) is 5. The number of anilines is 1. The standard InChI is InChI=1S/C18H21N3O3S/c1-12-17(13(2)21(4)20-12)19-18(23)14(3)24-16(22)10-11-25-15-8-6-5-7-9-15/h5-11,14H,1-4H3,(H,19,23)/b11-10+/t14-/m0/s1. The van der Waals surface area contributed by atoms with Crippen LogP contribution in [0.2, 0.25) is 0 Å². The summed E-state index contributed by atoms with van der Waals surface area (Å²) in [4.78, 5) is 25.0. The minimum absolute atomic E-state index is 0.392. The number of benzene rings is 1. The average Bonchev–Trinajstić information content (AvgIpc) is 2.82. The molecular weight excluding hydrogens is 338 g/mol. The van der Waals surface area contributed by atoms with Gasteiger partial charge in [-0.25, -0.2) is 4.79 Å². The maximum Gasteiger partial charge on any atom is 0.332 e. The summed E-state index contributed by atoms with van der Waals surface area (Å²) in [5.41, 5.74) is 2.19. The van der Waals surface area contributed by atoms with Gasteiger partial charge in [0.05, 0.1) is 17.1 Å². The van der Waals surface area contributed by atoms with E-state index >= 15 is 0 Å². The average molecular weight is 359 g/mol. The number of aromatic nitrogens is 2. The Balaban J connectivity index is 1.86. The Morgan fingerprint density at radius 3 is 2.56 bits per heavy atom. The fourth-order valence-electron chi connectivity index (χ4n) is 2.11. The Morgan fingerprint density at radius 2 is 1.96 bits per heavy atom. The smallest absolute Gasteiger partial charge is 0.332 e. The zero-order valence-corrected chi connectivity index (χ0v) is 15.5. The first-order valence-corrected chi connectivity index (χ1v) is 8.66. The van der Waals surface area contributed by atoms with Gasteiger partial charge in [0.1, 0.15) is 0 Å². The molecule has 0 fully saturated rings. The van der Waals surface area contributed by atoms with E-state index < -0.39 is 18.0 Å². The molecule has 1 N–H and O–H groups in total. The lowest BCUT2D eigenvalue weighted by atomic mass is 10.3. The van der Waals surface area contributed by atoms with Crippen molar-refractivity contribution < 1.29 is 14.3 Å². The van der Waals surface area contributed by atoms with Crippen LogP contribution in [0.5, 0.6) is 0 Å². The maximum absolute atomic E-state index is 12.2. The van der Waals surface area contributed by atoms with Crippen LogP contribution in [0, 0.1) is 13.8 Å². The van der Waals surface area contributed by atoms with Crippen molar-refractivity contribution >= 4 is 29.3 Å². The number of nitrogens with zero attached hydrogens (tertiary/aromatic N) is 2. The van der Waals surface area contributed by atoms with Crippen molar-refractivity contribution in [2.45, 2.75) is 31.8 Å². The summed E-state index contributed by atoms with van der Waals surface area (Å²) in [6, 6.07) is 9.64. The van der Waals surface area contributed by atoms with Crippen LogP contribution >= 0.6 is 11.8 Å². The van der Waals surface area contributed by atoms with Crippen molar-refractivity contribution in [3.63, 3.8) is 0 Å². The van der Waals surface area contributed by atoms with Gasteiger partial charge >= 0.3 is 5.97 Å². The van der Waals surface area contributed by atoms with Crippen LogP contribution in [0.25, 0.3) is 0 Å². The summed E-state index contributed by atoms with van der Waals surface area (Å²) in [5, 5.41) is 8.63. The molecule has 0 bridgehead atoms. The number of carbonyl (C=O) groups is 2. The Hall–Kier alpha value is -2.54. The third kappa shape index (κ3) is 5.22. The van der Waals surface area contributed by atoms with Gasteiger partial charge in [-0.3, -0.25) is 9.48 Å². The predicted octanol–water partition coefficient (Wildman–Crippen LogP) is 3.21. The predicted molar refractivity (Wildman–Crippen MR) is 98.3 cm³/mol. The fourth-order valence-corrected chi connectivity index (χ4v) is 2.76. The van der Waals surface area contributed by atoms with Crippen LogP contribution in [-0.2, 0) is 21.4 Å². The molecule has 2 aromatic rings. The Morgan fingerprint density at radius 1 is 1.28 bits per heavy atom. The van der Waals surface area contributed by atoms with Crippen LogP contribution in [0.3, 0.4) is 0 Å². The van der Waals surface area contributed by atoms with Crippen LogP contribution in [-0.4, -0.2) is 27.8 Å². The summed E-state index contributed by atoms with van der Waals surface area (Å²) in [5.74, 6) is -0.956. The molecule has 1 amide bonds. The Kier molecular flexibility index (Phi) is 6.41. The molecule has 0 radical (unpaired) electrons. The number of hydrogen-bond donors (Lipinski definition) is 1. The van der Waals surface area contributed by atoms with Crippen LogP contribution in [0.1, 0.15) is 18.3 Å². The molecule has 0 unspecified atom stereocenters. The SMILES string of the molecule is Cc1nn(C)c(C)c1NC(=O)[C@H](C)OC(=O)/C=C/Sc1ccccc1. The largest absolute Gasteiger partial charge is 0.449 e. The number of esters is 1. The van der Waals surface area contributed by atoms with Crippen molar-refractivity contribution in [3.8, 4) is 0 Å². The zero-order chi connectivity index (χ0) is 18.4. The molecular formula is C18H21N3O3S. The van der Waals surface area contributed by atoms with Gasteiger partial charge in [-0.05, 0) is 38.3 Å². The fraction of sp³-hybridized carbons (Fsp3) is 0.278. The monoisotopic (exact) mass is 359 g/mol. The van der Waals surface area contributed by atoms with E-state index in [2.05, 4.69) is 10.4 Å². The molecule has 7 heteroatoms. The van der Waals surface area contributed by atoms with E-state index in [0.717, 1.165) is 10.6 Å². The summed E-state index contributed by atoms with van der Waals surface area (Å²) in [6.45, 7) is 5.20. The number of ether oxygens (including phenoxy) is 1. The lowest BCUT2D eigenvalue weighted by Gasteiger charge is -2.12. The minimum atomic E-state index is -0.905. The van der Waals surface area contributed by atoms with E-state index in [1.165, 1.54) is 24.8 Å². The normalized spacial score (nSPS) is 12.2. The first kappa shape index (κ1) is 18.8. The molecule has 2 rings (SSSR count). The third-order valence-corrected chi connectivity index (χ3v) is 4.39. The van der Waals surface area contributed by atoms with E-state index in [9.17, 15) is 9.59 Å². The van der Waals surface area contributed by atoms with Gasteiger partial charge in [0, 0.05) is 18.0 Å². The summed E-state index contributed by atoms with van der Waals surface area (Å²) in [7, 11) is 1.80. The second kappa shape index (κ2) is 8.53. The van der Waals surface area contributed by atoms with Crippen molar-refractivity contribution in [1.29, 1.82) is 0 Å². The number of carbonyl (C=O) groups excluding carboxylic acids is 2. The summed E-state index contributed by atoms with van der Waals surface area (Å²) in [6.07, 6.45) is 0.403. The van der Waals surface area contributed by atoms with E-state index in [0.29, 0.717) is 11.4 Å². The van der Waals surface area contributed by atoms with E-state index in [1.807, 2.05) is 44.2 Å². The second-order valence-electron chi connectivity index (χ2n) is 5.47. The van der Waals surface area contributed by atoms with Crippen molar-refractivity contribution in [2.75, 3.05) is 5.32 Å². The third-order valence-electron chi connectivity index (χ3n) is 3.57. The highest BCUT2D eigenvalue weighted by molar-refractivity contribution is 8.02. The highest BCUT2D eigenvalue weighted by atomic mass is 32.2. The molecule has 0 saturated heterocycles. The zero-order valence-electron chi connectivity index (χ0n) is 14.6. The highest BCUT2D eigenvalue weighted by Gasteiger charge is 2.20. The van der Waals surface area contributed by atoms with Gasteiger partial charge in [-0.1, -0.05) is 30.0 Å². The van der Waals surface area contributed by atoms with Crippen molar-refractivity contribution in [2.24, 2.45) is 7.05 Å². The first-order valence-electron chi connectivity index (χ1n) is 7.78. The van der Waals surface area contributed by atoms with Crippen LogP contribution in [0.4, 0.5) is 5.69 Å². The molecule has 25 heavy (non-hydrogen) atoms. The Bertz CT molecular complexity index is 784. The summed E-state index contributed by atoms with van der Waals surface area (Å²) >= 11 is 1.40. The molecule has 0 aliphatic carbocycles. The van der Waals surface area contributed by atoms with Gasteiger partial charge in [0.2, 0.25) is 0 Å². The minimum Gasteiger partial charge on any atom is -0.449 e. The lowest BCUT2D eigenvalue weighted by molar-refractivity contribution is -0.148. The van der Waals surface area contributed by atoms with Gasteiger partial charge in [0.25, 0.3) is 5.91 Å². The highest BCUT2D eigenvalue weighted by Crippen LogP contribution is 2.19. The molecule has 6 nitrogen and oxygen atoms in total. The number of amides is 1.